The van der Waals surface area contributed by atoms with Crippen LogP contribution in [-0.4, -0.2) is 16.8 Å². The second-order valence-electron chi connectivity index (χ2n) is 4.94. The highest BCUT2D eigenvalue weighted by Crippen LogP contribution is 2.39. The van der Waals surface area contributed by atoms with Crippen LogP contribution in [-0.2, 0) is 4.79 Å². The summed E-state index contributed by atoms with van der Waals surface area (Å²) < 4.78 is 6.28. The highest BCUT2D eigenvalue weighted by molar-refractivity contribution is 9.11. The van der Waals surface area contributed by atoms with Crippen LogP contribution in [0.15, 0.2) is 33.2 Å². The molecule has 0 spiro atoms. The SMILES string of the molecule is C#CCN(C(=O)C(C)C)c1snc(-c2ccc(Br)cc2)c1Br. The van der Waals surface area contributed by atoms with E-state index in [4.69, 9.17) is 6.42 Å². The number of hydrogen-bond donors (Lipinski definition) is 0. The Balaban J connectivity index is 2.42. The standard InChI is InChI=1S/C16H14Br2N2OS/c1-4-9-20(15(21)10(2)3)16-13(18)14(19-22-16)11-5-7-12(17)8-6-11/h1,5-8,10H,9H2,2-3H3. The summed E-state index contributed by atoms with van der Waals surface area (Å²) in [6.07, 6.45) is 5.41. The Morgan fingerprint density at radius 2 is 2.00 bits per heavy atom. The van der Waals surface area contributed by atoms with Gasteiger partial charge in [-0.05, 0) is 39.6 Å². The Morgan fingerprint density at radius 1 is 1.36 bits per heavy atom. The predicted octanol–water partition coefficient (Wildman–Crippen LogP) is 4.96. The number of rotatable bonds is 4. The molecule has 0 N–H and O–H groups in total. The minimum absolute atomic E-state index is 0.00958. The number of aromatic nitrogens is 1. The van der Waals surface area contributed by atoms with Gasteiger partial charge in [-0.3, -0.25) is 9.69 Å². The third-order valence-electron chi connectivity index (χ3n) is 2.99. The van der Waals surface area contributed by atoms with Crippen LogP contribution in [0.5, 0.6) is 0 Å². The molecule has 0 fully saturated rings. The smallest absolute Gasteiger partial charge is 0.231 e. The van der Waals surface area contributed by atoms with Crippen molar-refractivity contribution in [2.24, 2.45) is 5.92 Å². The van der Waals surface area contributed by atoms with E-state index in [1.54, 1.807) is 4.90 Å². The maximum absolute atomic E-state index is 12.4. The van der Waals surface area contributed by atoms with Crippen molar-refractivity contribution in [2.75, 3.05) is 11.4 Å². The molecule has 0 saturated carbocycles. The van der Waals surface area contributed by atoms with Gasteiger partial charge in [-0.15, -0.1) is 6.42 Å². The van der Waals surface area contributed by atoms with E-state index in [9.17, 15) is 4.79 Å². The summed E-state index contributed by atoms with van der Waals surface area (Å²) in [5.41, 5.74) is 1.79. The first-order chi connectivity index (χ1) is 10.5. The van der Waals surface area contributed by atoms with Crippen LogP contribution < -0.4 is 4.90 Å². The van der Waals surface area contributed by atoms with Gasteiger partial charge in [0, 0.05) is 16.0 Å². The average Bonchev–Trinajstić information content (AvgIpc) is 2.86. The molecule has 1 aromatic carbocycles. The van der Waals surface area contributed by atoms with Gasteiger partial charge in [-0.1, -0.05) is 47.8 Å². The Kier molecular flexibility index (Phi) is 5.79. The molecule has 0 bridgehead atoms. The van der Waals surface area contributed by atoms with Crippen molar-refractivity contribution in [3.63, 3.8) is 0 Å². The van der Waals surface area contributed by atoms with Crippen molar-refractivity contribution in [3.05, 3.63) is 33.2 Å². The molecule has 0 radical (unpaired) electrons. The summed E-state index contributed by atoms with van der Waals surface area (Å²) >= 11 is 8.25. The monoisotopic (exact) mass is 440 g/mol. The molecule has 0 aliphatic heterocycles. The molecule has 0 saturated heterocycles. The molecule has 1 aromatic heterocycles. The zero-order chi connectivity index (χ0) is 16.3. The van der Waals surface area contributed by atoms with Crippen molar-refractivity contribution in [3.8, 4) is 23.6 Å². The number of anilines is 1. The molecular weight excluding hydrogens is 428 g/mol. The maximum Gasteiger partial charge on any atom is 0.231 e. The van der Waals surface area contributed by atoms with Gasteiger partial charge in [0.1, 0.15) is 10.7 Å². The first-order valence-corrected chi connectivity index (χ1v) is 8.97. The van der Waals surface area contributed by atoms with Crippen LogP contribution in [0, 0.1) is 18.3 Å². The summed E-state index contributed by atoms with van der Waals surface area (Å²) in [7, 11) is 0. The lowest BCUT2D eigenvalue weighted by molar-refractivity contribution is -0.121. The Morgan fingerprint density at radius 3 is 2.55 bits per heavy atom. The van der Waals surface area contributed by atoms with Crippen LogP contribution in [0.3, 0.4) is 0 Å². The number of carbonyl (C=O) groups excluding carboxylic acids is 1. The van der Waals surface area contributed by atoms with E-state index >= 15 is 0 Å². The lowest BCUT2D eigenvalue weighted by Crippen LogP contribution is -2.34. The fourth-order valence-electron chi connectivity index (χ4n) is 1.88. The molecular formula is C16H14Br2N2OS. The van der Waals surface area contributed by atoms with Crippen molar-refractivity contribution < 1.29 is 4.79 Å². The van der Waals surface area contributed by atoms with Gasteiger partial charge in [-0.2, -0.15) is 4.37 Å². The molecule has 0 aliphatic carbocycles. The molecule has 3 nitrogen and oxygen atoms in total. The molecule has 22 heavy (non-hydrogen) atoms. The first-order valence-electron chi connectivity index (χ1n) is 6.61. The van der Waals surface area contributed by atoms with Gasteiger partial charge >= 0.3 is 0 Å². The van der Waals surface area contributed by atoms with Gasteiger partial charge in [0.2, 0.25) is 5.91 Å². The second kappa shape index (κ2) is 7.40. The molecule has 1 amide bonds. The summed E-state index contributed by atoms with van der Waals surface area (Å²) in [5, 5.41) is 0.745. The minimum atomic E-state index is -0.126. The van der Waals surface area contributed by atoms with Crippen LogP contribution >= 0.6 is 43.4 Å². The van der Waals surface area contributed by atoms with E-state index < -0.39 is 0 Å². The van der Waals surface area contributed by atoms with Gasteiger partial charge in [-0.25, -0.2) is 0 Å². The average molecular weight is 442 g/mol. The van der Waals surface area contributed by atoms with E-state index in [1.165, 1.54) is 11.5 Å². The maximum atomic E-state index is 12.4. The molecule has 114 valence electrons. The lowest BCUT2D eigenvalue weighted by atomic mass is 10.1. The summed E-state index contributed by atoms with van der Waals surface area (Å²) in [6.45, 7) is 3.95. The van der Waals surface area contributed by atoms with E-state index in [-0.39, 0.29) is 18.4 Å². The number of halogens is 2. The zero-order valence-electron chi connectivity index (χ0n) is 12.1. The zero-order valence-corrected chi connectivity index (χ0v) is 16.1. The van der Waals surface area contributed by atoms with E-state index in [0.717, 1.165) is 25.2 Å². The van der Waals surface area contributed by atoms with E-state index in [0.29, 0.717) is 0 Å². The first kappa shape index (κ1) is 17.2. The molecule has 0 atom stereocenters. The summed E-state index contributed by atoms with van der Waals surface area (Å²) in [6, 6.07) is 7.87. The fourth-order valence-corrected chi connectivity index (χ4v) is 3.81. The molecule has 0 aliphatic rings. The lowest BCUT2D eigenvalue weighted by Gasteiger charge is -2.20. The Labute approximate surface area is 151 Å². The van der Waals surface area contributed by atoms with Crippen LogP contribution in [0.1, 0.15) is 13.8 Å². The van der Waals surface area contributed by atoms with Crippen LogP contribution in [0.2, 0.25) is 0 Å². The number of terminal acetylenes is 1. The highest BCUT2D eigenvalue weighted by Gasteiger charge is 2.24. The minimum Gasteiger partial charge on any atom is -0.290 e. The highest BCUT2D eigenvalue weighted by atomic mass is 79.9. The third-order valence-corrected chi connectivity index (χ3v) is 5.40. The predicted molar refractivity (Wildman–Crippen MR) is 99.0 cm³/mol. The van der Waals surface area contributed by atoms with Crippen molar-refractivity contribution in [1.82, 2.24) is 4.37 Å². The molecule has 1 heterocycles. The Bertz CT molecular complexity index is 717. The third kappa shape index (κ3) is 3.60. The fraction of sp³-hybridized carbons (Fsp3) is 0.250. The van der Waals surface area contributed by atoms with Crippen molar-refractivity contribution in [1.29, 1.82) is 0 Å². The number of carbonyl (C=O) groups is 1. The number of amides is 1. The second-order valence-corrected chi connectivity index (χ2v) is 7.40. The molecule has 2 rings (SSSR count). The largest absolute Gasteiger partial charge is 0.290 e. The van der Waals surface area contributed by atoms with Gasteiger partial charge in [0.25, 0.3) is 0 Å². The van der Waals surface area contributed by atoms with E-state index in [2.05, 4.69) is 42.2 Å². The topological polar surface area (TPSA) is 33.2 Å². The van der Waals surface area contributed by atoms with E-state index in [1.807, 2.05) is 38.1 Å². The normalized spacial score (nSPS) is 10.5. The van der Waals surface area contributed by atoms with Crippen LogP contribution in [0.25, 0.3) is 11.3 Å². The van der Waals surface area contributed by atoms with Crippen molar-refractivity contribution in [2.45, 2.75) is 13.8 Å². The van der Waals surface area contributed by atoms with Gasteiger partial charge < -0.3 is 0 Å². The van der Waals surface area contributed by atoms with Gasteiger partial charge in [0.15, 0.2) is 0 Å². The Hall–Kier alpha value is -1.16. The summed E-state index contributed by atoms with van der Waals surface area (Å²) in [5.74, 6) is 2.41. The summed E-state index contributed by atoms with van der Waals surface area (Å²) in [4.78, 5) is 14.0. The van der Waals surface area contributed by atoms with Gasteiger partial charge in [0.05, 0.1) is 11.0 Å². The number of nitrogens with zero attached hydrogens (tertiary/aromatic N) is 2. The van der Waals surface area contributed by atoms with Crippen LogP contribution in [0.4, 0.5) is 5.00 Å². The van der Waals surface area contributed by atoms with Crippen molar-refractivity contribution >= 4 is 54.3 Å². The number of benzene rings is 1. The molecule has 6 heteroatoms. The molecule has 0 unspecified atom stereocenters. The number of hydrogen-bond acceptors (Lipinski definition) is 3. The quantitative estimate of drug-likeness (QED) is 0.628. The molecule has 2 aromatic rings.